The predicted octanol–water partition coefficient (Wildman–Crippen LogP) is 6.58. The number of anilines is 1. The highest BCUT2D eigenvalue weighted by atomic mass is 32.2. The van der Waals surface area contributed by atoms with Crippen molar-refractivity contribution in [3.63, 3.8) is 0 Å². The monoisotopic (exact) mass is 462 g/mol. The van der Waals surface area contributed by atoms with Gasteiger partial charge in [0.25, 0.3) is 0 Å². The highest BCUT2D eigenvalue weighted by Crippen LogP contribution is 2.39. The second-order valence-electron chi connectivity index (χ2n) is 6.34. The summed E-state index contributed by atoms with van der Waals surface area (Å²) in [5.41, 5.74) is 2.19. The van der Waals surface area contributed by atoms with Gasteiger partial charge in [0, 0.05) is 15.5 Å². The van der Waals surface area contributed by atoms with E-state index >= 15 is 0 Å². The maximum absolute atomic E-state index is 13.4. The third-order valence-corrected chi connectivity index (χ3v) is 6.93. The molecule has 30 heavy (non-hydrogen) atoms. The Bertz CT molecular complexity index is 1000. The molecule has 0 fully saturated rings. The highest BCUT2D eigenvalue weighted by Gasteiger charge is 2.24. The molecule has 0 spiro atoms. The van der Waals surface area contributed by atoms with Crippen molar-refractivity contribution in [3.05, 3.63) is 77.5 Å². The van der Waals surface area contributed by atoms with Crippen molar-refractivity contribution < 1.29 is 13.6 Å². The lowest BCUT2D eigenvalue weighted by Crippen LogP contribution is -2.20. The minimum Gasteiger partial charge on any atom is -0.322 e. The van der Waals surface area contributed by atoms with Gasteiger partial charge < -0.3 is 5.32 Å². The van der Waals surface area contributed by atoms with Crippen LogP contribution in [0, 0.1) is 18.6 Å². The Hall–Kier alpha value is -2.03. The number of thioether (sulfide) groups is 3. The second-order valence-corrected chi connectivity index (χ2v) is 9.16. The summed E-state index contributed by atoms with van der Waals surface area (Å²) >= 11 is 4.27. The molecule has 1 atom stereocenters. The van der Waals surface area contributed by atoms with E-state index in [1.807, 2.05) is 25.5 Å². The van der Waals surface area contributed by atoms with E-state index < -0.39 is 5.25 Å². The molecule has 1 N–H and O–H groups in total. The van der Waals surface area contributed by atoms with Gasteiger partial charge >= 0.3 is 0 Å². The standard InChI is InChI=1S/C22H20F2N2OS3/c1-13-12-18(28-2)19(22(25-13)29-3)26-21(27)20(14-4-6-15(23)7-5-14)30-17-10-8-16(24)9-11-17/h4-12,20H,1-3H3,(H,26,27). The van der Waals surface area contributed by atoms with E-state index in [2.05, 4.69) is 10.3 Å². The van der Waals surface area contributed by atoms with Gasteiger partial charge in [-0.05, 0) is 67.5 Å². The average molecular weight is 463 g/mol. The first-order chi connectivity index (χ1) is 14.4. The second kappa shape index (κ2) is 10.3. The lowest BCUT2D eigenvalue weighted by Gasteiger charge is -2.20. The highest BCUT2D eigenvalue weighted by molar-refractivity contribution is 8.00. The predicted molar refractivity (Wildman–Crippen MR) is 123 cm³/mol. The van der Waals surface area contributed by atoms with Crippen LogP contribution < -0.4 is 5.32 Å². The number of aryl methyl sites for hydroxylation is 1. The lowest BCUT2D eigenvalue weighted by molar-refractivity contribution is -0.115. The van der Waals surface area contributed by atoms with Crippen LogP contribution in [0.1, 0.15) is 16.5 Å². The van der Waals surface area contributed by atoms with Crippen molar-refractivity contribution in [3.8, 4) is 0 Å². The van der Waals surface area contributed by atoms with Crippen LogP contribution in [0.25, 0.3) is 0 Å². The molecule has 1 aromatic heterocycles. The molecule has 1 heterocycles. The van der Waals surface area contributed by atoms with Gasteiger partial charge in [-0.1, -0.05) is 12.1 Å². The summed E-state index contributed by atoms with van der Waals surface area (Å²) in [6, 6.07) is 13.7. The van der Waals surface area contributed by atoms with Crippen LogP contribution in [0.15, 0.2) is 69.4 Å². The van der Waals surface area contributed by atoms with Crippen LogP contribution in [-0.2, 0) is 4.79 Å². The van der Waals surface area contributed by atoms with E-state index in [9.17, 15) is 13.6 Å². The summed E-state index contributed by atoms with van der Waals surface area (Å²) in [6.45, 7) is 1.91. The number of amides is 1. The van der Waals surface area contributed by atoms with Gasteiger partial charge in [-0.2, -0.15) is 0 Å². The summed E-state index contributed by atoms with van der Waals surface area (Å²) in [6.07, 6.45) is 3.85. The van der Waals surface area contributed by atoms with E-state index in [1.165, 1.54) is 59.6 Å². The molecule has 3 rings (SSSR count). The maximum atomic E-state index is 13.4. The third-order valence-electron chi connectivity index (χ3n) is 4.22. The van der Waals surface area contributed by atoms with Crippen molar-refractivity contribution in [2.45, 2.75) is 27.0 Å². The number of hydrogen-bond acceptors (Lipinski definition) is 5. The molecule has 0 saturated carbocycles. The third kappa shape index (κ3) is 5.56. The van der Waals surface area contributed by atoms with Crippen LogP contribution in [0.4, 0.5) is 14.5 Å². The zero-order valence-electron chi connectivity index (χ0n) is 16.6. The number of benzene rings is 2. The number of carbonyl (C=O) groups excluding carboxylic acids is 1. The summed E-state index contributed by atoms with van der Waals surface area (Å²) in [4.78, 5) is 19.5. The maximum Gasteiger partial charge on any atom is 0.242 e. The Balaban J connectivity index is 1.96. The van der Waals surface area contributed by atoms with Gasteiger partial charge in [0.15, 0.2) is 0 Å². The molecule has 156 valence electrons. The Morgan fingerprint density at radius 3 is 2.13 bits per heavy atom. The number of pyridine rings is 1. The number of carbonyl (C=O) groups is 1. The first-order valence-electron chi connectivity index (χ1n) is 8.99. The molecule has 0 bridgehead atoms. The van der Waals surface area contributed by atoms with E-state index in [0.29, 0.717) is 11.3 Å². The molecule has 0 saturated heterocycles. The number of rotatable bonds is 7. The van der Waals surface area contributed by atoms with Crippen molar-refractivity contribution in [2.75, 3.05) is 17.8 Å². The SMILES string of the molecule is CSc1cc(C)nc(SC)c1NC(=O)C(Sc1ccc(F)cc1)c1ccc(F)cc1. The average Bonchev–Trinajstić information content (AvgIpc) is 2.74. The van der Waals surface area contributed by atoms with Crippen molar-refractivity contribution in [1.82, 2.24) is 4.98 Å². The van der Waals surface area contributed by atoms with Gasteiger partial charge in [-0.15, -0.1) is 35.3 Å². The molecule has 1 amide bonds. The number of nitrogens with zero attached hydrogens (tertiary/aromatic N) is 1. The number of hydrogen-bond donors (Lipinski definition) is 1. The van der Waals surface area contributed by atoms with Gasteiger partial charge in [0.1, 0.15) is 21.9 Å². The van der Waals surface area contributed by atoms with E-state index in [-0.39, 0.29) is 17.5 Å². The van der Waals surface area contributed by atoms with Crippen molar-refractivity contribution >= 4 is 46.9 Å². The smallest absolute Gasteiger partial charge is 0.242 e. The molecule has 0 aliphatic heterocycles. The summed E-state index contributed by atoms with van der Waals surface area (Å²) in [5, 5.41) is 3.10. The number of nitrogens with one attached hydrogen (secondary N) is 1. The summed E-state index contributed by atoms with van der Waals surface area (Å²) in [5.74, 6) is -0.976. The molecular weight excluding hydrogens is 442 g/mol. The molecule has 0 aliphatic rings. The van der Waals surface area contributed by atoms with E-state index in [1.54, 1.807) is 24.3 Å². The van der Waals surface area contributed by atoms with Crippen LogP contribution >= 0.6 is 35.3 Å². The minimum absolute atomic E-state index is 0.257. The molecule has 0 radical (unpaired) electrons. The fraction of sp³-hybridized carbons (Fsp3) is 0.182. The van der Waals surface area contributed by atoms with Crippen LogP contribution in [0.3, 0.4) is 0 Å². The summed E-state index contributed by atoms with van der Waals surface area (Å²) in [7, 11) is 0. The molecule has 8 heteroatoms. The molecule has 3 nitrogen and oxygen atoms in total. The Labute approximate surface area is 187 Å². The van der Waals surface area contributed by atoms with Gasteiger partial charge in [-0.25, -0.2) is 13.8 Å². The van der Waals surface area contributed by atoms with E-state index in [0.717, 1.165) is 20.5 Å². The van der Waals surface area contributed by atoms with Gasteiger partial charge in [-0.3, -0.25) is 4.79 Å². The normalized spacial score (nSPS) is 11.9. The number of halogens is 2. The van der Waals surface area contributed by atoms with Gasteiger partial charge in [0.05, 0.1) is 5.69 Å². The Morgan fingerprint density at radius 2 is 1.57 bits per heavy atom. The number of aromatic nitrogens is 1. The van der Waals surface area contributed by atoms with Crippen LogP contribution in [-0.4, -0.2) is 23.4 Å². The molecule has 1 unspecified atom stereocenters. The molecule has 3 aromatic rings. The first-order valence-corrected chi connectivity index (χ1v) is 12.3. The zero-order valence-corrected chi connectivity index (χ0v) is 19.1. The minimum atomic E-state index is -0.651. The fourth-order valence-electron chi connectivity index (χ4n) is 2.79. The molecule has 0 aliphatic carbocycles. The summed E-state index contributed by atoms with van der Waals surface area (Å²) < 4.78 is 26.7. The molecular formula is C22H20F2N2OS3. The largest absolute Gasteiger partial charge is 0.322 e. The first kappa shape index (κ1) is 22.7. The van der Waals surface area contributed by atoms with Crippen LogP contribution in [0.5, 0.6) is 0 Å². The van der Waals surface area contributed by atoms with Crippen molar-refractivity contribution in [1.29, 1.82) is 0 Å². The van der Waals surface area contributed by atoms with E-state index in [4.69, 9.17) is 0 Å². The Kier molecular flexibility index (Phi) is 7.80. The topological polar surface area (TPSA) is 42.0 Å². The molecule has 2 aromatic carbocycles. The zero-order chi connectivity index (χ0) is 21.7. The quantitative estimate of drug-likeness (QED) is 0.402. The van der Waals surface area contributed by atoms with Gasteiger partial charge in [0.2, 0.25) is 5.91 Å². The van der Waals surface area contributed by atoms with Crippen molar-refractivity contribution in [2.24, 2.45) is 0 Å². The fourth-order valence-corrected chi connectivity index (χ4v) is 5.12. The Morgan fingerprint density at radius 1 is 0.967 bits per heavy atom. The van der Waals surface area contributed by atoms with Crippen LogP contribution in [0.2, 0.25) is 0 Å². The lowest BCUT2D eigenvalue weighted by atomic mass is 10.1.